The van der Waals surface area contributed by atoms with Crippen molar-refractivity contribution < 1.29 is 0 Å². The highest BCUT2D eigenvalue weighted by Crippen LogP contribution is 2.27. The quantitative estimate of drug-likeness (QED) is 0.676. The predicted molar refractivity (Wildman–Crippen MR) is 99.0 cm³/mol. The topological polar surface area (TPSA) is 43.1 Å². The fourth-order valence-corrected chi connectivity index (χ4v) is 3.70. The van der Waals surface area contributed by atoms with Gasteiger partial charge in [-0.05, 0) is 43.7 Å². The van der Waals surface area contributed by atoms with Crippen molar-refractivity contribution in [3.8, 4) is 11.4 Å². The van der Waals surface area contributed by atoms with E-state index in [0.717, 1.165) is 32.8 Å². The second-order valence-corrected chi connectivity index (χ2v) is 7.21. The summed E-state index contributed by atoms with van der Waals surface area (Å²) in [4.78, 5) is 6.26. The summed E-state index contributed by atoms with van der Waals surface area (Å²) in [7, 11) is 0. The molecule has 3 aromatic rings. The van der Waals surface area contributed by atoms with Crippen LogP contribution in [0, 0.1) is 13.8 Å². The largest absolute Gasteiger partial charge is 0.211 e. The van der Waals surface area contributed by atoms with Crippen LogP contribution >= 0.6 is 23.4 Å². The van der Waals surface area contributed by atoms with Crippen molar-refractivity contribution >= 4 is 29.1 Å². The summed E-state index contributed by atoms with van der Waals surface area (Å²) in [6.45, 7) is 4.16. The van der Waals surface area contributed by atoms with Crippen LogP contribution in [0.3, 0.4) is 0 Å². The summed E-state index contributed by atoms with van der Waals surface area (Å²) >= 11 is 7.60. The molecule has 24 heavy (non-hydrogen) atoms. The van der Waals surface area contributed by atoms with Gasteiger partial charge in [-0.25, -0.2) is 0 Å². The highest BCUT2D eigenvalue weighted by Gasteiger charge is 2.19. The van der Waals surface area contributed by atoms with Crippen LogP contribution in [0.2, 0.25) is 5.02 Å². The van der Waals surface area contributed by atoms with Gasteiger partial charge in [-0.3, -0.25) is 0 Å². The standard InChI is InChI=1S/C18H15ClN4S/c1-11-7-12(2)9-14(8-11)17-20-18-23(22-17)21-16(10-24-18)13-3-5-15(19)6-4-13/h3-9H,10H2,1-2H3. The lowest BCUT2D eigenvalue weighted by molar-refractivity contribution is 0.659. The zero-order valence-electron chi connectivity index (χ0n) is 13.3. The number of halogens is 1. The minimum Gasteiger partial charge on any atom is -0.199 e. The maximum Gasteiger partial charge on any atom is 0.211 e. The number of fused-ring (bicyclic) bond motifs is 1. The lowest BCUT2D eigenvalue weighted by Crippen LogP contribution is -2.13. The molecule has 0 spiro atoms. The Labute approximate surface area is 149 Å². The van der Waals surface area contributed by atoms with Crippen LogP contribution in [0.15, 0.2) is 52.7 Å². The van der Waals surface area contributed by atoms with E-state index in [9.17, 15) is 0 Å². The van der Waals surface area contributed by atoms with Crippen LogP contribution < -0.4 is 0 Å². The van der Waals surface area contributed by atoms with Gasteiger partial charge in [-0.2, -0.15) is 10.1 Å². The van der Waals surface area contributed by atoms with Gasteiger partial charge in [-0.1, -0.05) is 52.7 Å². The first-order chi connectivity index (χ1) is 11.6. The normalized spacial score (nSPS) is 13.5. The van der Waals surface area contributed by atoms with E-state index in [1.54, 1.807) is 16.6 Å². The third-order valence-corrected chi connectivity index (χ3v) is 4.96. The van der Waals surface area contributed by atoms with Gasteiger partial charge in [-0.15, -0.1) is 9.89 Å². The van der Waals surface area contributed by atoms with Crippen molar-refractivity contribution in [2.45, 2.75) is 19.0 Å². The van der Waals surface area contributed by atoms with E-state index in [0.29, 0.717) is 5.82 Å². The minimum absolute atomic E-state index is 0.713. The summed E-state index contributed by atoms with van der Waals surface area (Å²) in [6.07, 6.45) is 0. The van der Waals surface area contributed by atoms with Gasteiger partial charge in [0.25, 0.3) is 0 Å². The Morgan fingerprint density at radius 1 is 1.00 bits per heavy atom. The number of benzene rings is 2. The van der Waals surface area contributed by atoms with Crippen LogP contribution in [0.5, 0.6) is 0 Å². The van der Waals surface area contributed by atoms with Crippen molar-refractivity contribution in [2.75, 3.05) is 5.75 Å². The Balaban J connectivity index is 1.72. The van der Waals surface area contributed by atoms with Gasteiger partial charge in [0.05, 0.1) is 5.71 Å². The molecule has 0 aliphatic carbocycles. The molecule has 0 saturated heterocycles. The van der Waals surface area contributed by atoms with Gasteiger partial charge in [0.2, 0.25) is 5.16 Å². The van der Waals surface area contributed by atoms with Crippen molar-refractivity contribution in [3.63, 3.8) is 0 Å². The van der Waals surface area contributed by atoms with Gasteiger partial charge >= 0.3 is 0 Å². The Morgan fingerprint density at radius 2 is 1.71 bits per heavy atom. The lowest BCUT2D eigenvalue weighted by Gasteiger charge is -2.11. The van der Waals surface area contributed by atoms with E-state index >= 15 is 0 Å². The number of hydrogen-bond donors (Lipinski definition) is 0. The number of aryl methyl sites for hydroxylation is 2. The first kappa shape index (κ1) is 15.4. The van der Waals surface area contributed by atoms with Gasteiger partial charge in [0.1, 0.15) is 0 Å². The fourth-order valence-electron chi connectivity index (χ4n) is 2.73. The highest BCUT2D eigenvalue weighted by molar-refractivity contribution is 7.99. The van der Waals surface area contributed by atoms with Gasteiger partial charge in [0, 0.05) is 16.3 Å². The number of thioether (sulfide) groups is 1. The second kappa shape index (κ2) is 6.07. The maximum atomic E-state index is 5.96. The Bertz CT molecular complexity index is 924. The van der Waals surface area contributed by atoms with E-state index in [1.165, 1.54) is 11.1 Å². The molecular weight excluding hydrogens is 340 g/mol. The second-order valence-electron chi connectivity index (χ2n) is 5.83. The van der Waals surface area contributed by atoms with Crippen molar-refractivity contribution in [2.24, 2.45) is 5.10 Å². The van der Waals surface area contributed by atoms with Crippen LogP contribution in [0.1, 0.15) is 16.7 Å². The van der Waals surface area contributed by atoms with E-state index in [1.807, 2.05) is 24.3 Å². The Hall–Kier alpha value is -2.11. The molecule has 4 nitrogen and oxygen atoms in total. The molecule has 1 aliphatic rings. The zero-order valence-corrected chi connectivity index (χ0v) is 14.9. The molecule has 2 aromatic carbocycles. The molecule has 0 bridgehead atoms. The average molecular weight is 355 g/mol. The summed E-state index contributed by atoms with van der Waals surface area (Å²) in [5.74, 6) is 1.48. The number of hydrogen-bond acceptors (Lipinski definition) is 4. The molecule has 2 heterocycles. The van der Waals surface area contributed by atoms with Crippen molar-refractivity contribution in [1.29, 1.82) is 0 Å². The highest BCUT2D eigenvalue weighted by atomic mass is 35.5. The molecule has 0 radical (unpaired) electrons. The fraction of sp³-hybridized carbons (Fsp3) is 0.167. The molecule has 0 saturated carbocycles. The summed E-state index contributed by atoms with van der Waals surface area (Å²) in [5, 5.41) is 10.7. The smallest absolute Gasteiger partial charge is 0.199 e. The van der Waals surface area contributed by atoms with Crippen molar-refractivity contribution in [1.82, 2.24) is 14.9 Å². The zero-order chi connectivity index (χ0) is 16.7. The molecule has 6 heteroatoms. The van der Waals surface area contributed by atoms with E-state index in [4.69, 9.17) is 11.6 Å². The predicted octanol–water partition coefficient (Wildman–Crippen LogP) is 4.57. The van der Waals surface area contributed by atoms with Crippen LogP contribution in [-0.2, 0) is 0 Å². The SMILES string of the molecule is Cc1cc(C)cc(-c2nc3n(n2)N=C(c2ccc(Cl)cc2)CS3)c1. The lowest BCUT2D eigenvalue weighted by atomic mass is 10.1. The van der Waals surface area contributed by atoms with Crippen LogP contribution in [0.4, 0.5) is 0 Å². The number of rotatable bonds is 2. The molecular formula is C18H15ClN4S. The summed E-state index contributed by atoms with van der Waals surface area (Å²) in [6, 6.07) is 14.1. The summed E-state index contributed by atoms with van der Waals surface area (Å²) < 4.78 is 0. The molecule has 1 aromatic heterocycles. The molecule has 120 valence electrons. The molecule has 0 N–H and O–H groups in total. The number of aromatic nitrogens is 3. The molecule has 0 fully saturated rings. The van der Waals surface area contributed by atoms with Crippen LogP contribution in [0.25, 0.3) is 11.4 Å². The van der Waals surface area contributed by atoms with E-state index in [2.05, 4.69) is 47.2 Å². The average Bonchev–Trinajstić information content (AvgIpc) is 2.98. The third-order valence-electron chi connectivity index (χ3n) is 3.77. The van der Waals surface area contributed by atoms with Crippen molar-refractivity contribution in [3.05, 3.63) is 64.2 Å². The third kappa shape index (κ3) is 2.97. The molecule has 0 atom stereocenters. The Morgan fingerprint density at radius 3 is 2.42 bits per heavy atom. The van der Waals surface area contributed by atoms with Gasteiger partial charge in [0.15, 0.2) is 5.82 Å². The molecule has 0 unspecified atom stereocenters. The van der Waals surface area contributed by atoms with E-state index in [-0.39, 0.29) is 0 Å². The van der Waals surface area contributed by atoms with Crippen LogP contribution in [-0.4, -0.2) is 26.3 Å². The minimum atomic E-state index is 0.713. The molecule has 0 amide bonds. The number of nitrogens with zero attached hydrogens (tertiary/aromatic N) is 4. The Kier molecular flexibility index (Phi) is 3.90. The van der Waals surface area contributed by atoms with Gasteiger partial charge < -0.3 is 0 Å². The first-order valence-corrected chi connectivity index (χ1v) is 8.97. The molecule has 4 rings (SSSR count). The molecule has 1 aliphatic heterocycles. The maximum absolute atomic E-state index is 5.96. The van der Waals surface area contributed by atoms with E-state index < -0.39 is 0 Å². The first-order valence-electron chi connectivity index (χ1n) is 7.61. The summed E-state index contributed by atoms with van der Waals surface area (Å²) in [5.41, 5.74) is 5.46. The monoisotopic (exact) mass is 354 g/mol.